The van der Waals surface area contributed by atoms with E-state index in [9.17, 15) is 4.79 Å². The molecule has 76 valence electrons. The average Bonchev–Trinajstić information content (AvgIpc) is 2.10. The minimum atomic E-state index is 0.00232. The van der Waals surface area contributed by atoms with Gasteiger partial charge in [-0.3, -0.25) is 4.79 Å². The van der Waals surface area contributed by atoms with Crippen molar-refractivity contribution in [2.24, 2.45) is 16.9 Å². The largest absolute Gasteiger partial charge is 0.273 e. The van der Waals surface area contributed by atoms with E-state index < -0.39 is 0 Å². The highest BCUT2D eigenvalue weighted by molar-refractivity contribution is 5.78. The Labute approximate surface area is 80.6 Å². The molecule has 3 heteroatoms. The first-order valence-corrected chi connectivity index (χ1v) is 4.89. The van der Waals surface area contributed by atoms with Crippen LogP contribution in [0, 0.1) is 11.8 Å². The lowest BCUT2D eigenvalue weighted by molar-refractivity contribution is -0.124. The number of nitrogens with one attached hydrogen (secondary N) is 1. The van der Waals surface area contributed by atoms with Crippen molar-refractivity contribution in [3.05, 3.63) is 0 Å². The third kappa shape index (κ3) is 6.31. The minimum absolute atomic E-state index is 0.00232. The molecular formula is C10H20N2O. The Morgan fingerprint density at radius 2 is 2.08 bits per heavy atom. The van der Waals surface area contributed by atoms with Crippen LogP contribution in [0.2, 0.25) is 0 Å². The molecule has 0 aliphatic rings. The van der Waals surface area contributed by atoms with E-state index in [1.54, 1.807) is 6.21 Å². The zero-order valence-corrected chi connectivity index (χ0v) is 9.00. The Morgan fingerprint density at radius 1 is 1.46 bits per heavy atom. The van der Waals surface area contributed by atoms with E-state index in [1.807, 2.05) is 13.8 Å². The Balaban J connectivity index is 3.63. The topological polar surface area (TPSA) is 41.5 Å². The summed E-state index contributed by atoms with van der Waals surface area (Å²) in [7, 11) is 0. The number of carbonyl (C=O) groups is 1. The molecule has 0 aliphatic carbocycles. The van der Waals surface area contributed by atoms with Crippen molar-refractivity contribution in [1.29, 1.82) is 0 Å². The van der Waals surface area contributed by atoms with Gasteiger partial charge in [0.05, 0.1) is 0 Å². The summed E-state index contributed by atoms with van der Waals surface area (Å²) in [5.41, 5.74) is 2.52. The van der Waals surface area contributed by atoms with Crippen LogP contribution in [0.25, 0.3) is 0 Å². The average molecular weight is 184 g/mol. The highest BCUT2D eigenvalue weighted by Crippen LogP contribution is 1.99. The van der Waals surface area contributed by atoms with Crippen molar-refractivity contribution >= 4 is 12.1 Å². The Kier molecular flexibility index (Phi) is 6.20. The van der Waals surface area contributed by atoms with E-state index >= 15 is 0 Å². The number of rotatable bonds is 5. The normalized spacial score (nSPS) is 13.6. The van der Waals surface area contributed by atoms with Gasteiger partial charge in [-0.15, -0.1) is 0 Å². The maximum atomic E-state index is 11.2. The maximum Gasteiger partial charge on any atom is 0.242 e. The SMILES string of the molecule is CCC(C)C(=O)N/N=C/CC(C)C. The monoisotopic (exact) mass is 184 g/mol. The van der Waals surface area contributed by atoms with Crippen molar-refractivity contribution in [2.45, 2.75) is 40.5 Å². The van der Waals surface area contributed by atoms with Gasteiger partial charge in [0.25, 0.3) is 0 Å². The van der Waals surface area contributed by atoms with Crippen LogP contribution in [0.1, 0.15) is 40.5 Å². The zero-order chi connectivity index (χ0) is 10.3. The maximum absolute atomic E-state index is 11.2. The molecule has 0 aromatic heterocycles. The first kappa shape index (κ1) is 12.1. The quantitative estimate of drug-likeness (QED) is 0.516. The van der Waals surface area contributed by atoms with Crippen LogP contribution in [0.15, 0.2) is 5.10 Å². The van der Waals surface area contributed by atoms with Crippen molar-refractivity contribution in [3.63, 3.8) is 0 Å². The van der Waals surface area contributed by atoms with E-state index in [1.165, 1.54) is 0 Å². The molecular weight excluding hydrogens is 164 g/mol. The molecule has 1 N–H and O–H groups in total. The fraction of sp³-hybridized carbons (Fsp3) is 0.800. The molecule has 0 aromatic rings. The van der Waals surface area contributed by atoms with Crippen molar-refractivity contribution < 1.29 is 4.79 Å². The molecule has 1 amide bonds. The van der Waals surface area contributed by atoms with Crippen LogP contribution in [0.3, 0.4) is 0 Å². The first-order valence-electron chi connectivity index (χ1n) is 4.89. The predicted molar refractivity (Wildman–Crippen MR) is 55.5 cm³/mol. The van der Waals surface area contributed by atoms with Crippen LogP contribution in [-0.2, 0) is 4.79 Å². The molecule has 1 atom stereocenters. The molecule has 0 aliphatic heterocycles. The third-order valence-corrected chi connectivity index (χ3v) is 1.90. The third-order valence-electron chi connectivity index (χ3n) is 1.90. The van der Waals surface area contributed by atoms with Gasteiger partial charge >= 0.3 is 0 Å². The number of nitrogens with zero attached hydrogens (tertiary/aromatic N) is 1. The summed E-state index contributed by atoms with van der Waals surface area (Å²) >= 11 is 0. The standard InChI is InChI=1S/C10H20N2O/c1-5-9(4)10(13)12-11-7-6-8(2)3/h7-9H,5-6H2,1-4H3,(H,12,13)/b11-7+. The molecule has 0 saturated heterocycles. The van der Waals surface area contributed by atoms with Gasteiger partial charge in [0.2, 0.25) is 5.91 Å². The highest BCUT2D eigenvalue weighted by atomic mass is 16.2. The summed E-state index contributed by atoms with van der Waals surface area (Å²) in [6.45, 7) is 8.11. The van der Waals surface area contributed by atoms with Gasteiger partial charge in [0.15, 0.2) is 0 Å². The summed E-state index contributed by atoms with van der Waals surface area (Å²) in [4.78, 5) is 11.2. The summed E-state index contributed by atoms with van der Waals surface area (Å²) in [6.07, 6.45) is 3.51. The second-order valence-electron chi connectivity index (χ2n) is 3.73. The predicted octanol–water partition coefficient (Wildman–Crippen LogP) is 2.18. The summed E-state index contributed by atoms with van der Waals surface area (Å²) in [5.74, 6) is 0.642. The van der Waals surface area contributed by atoms with Crippen LogP contribution in [0.5, 0.6) is 0 Å². The fourth-order valence-electron chi connectivity index (χ4n) is 0.668. The number of carbonyl (C=O) groups excluding carboxylic acids is 1. The van der Waals surface area contributed by atoms with Crippen LogP contribution >= 0.6 is 0 Å². The van der Waals surface area contributed by atoms with Gasteiger partial charge in [-0.25, -0.2) is 5.43 Å². The number of hydrazone groups is 1. The number of hydrogen-bond donors (Lipinski definition) is 1. The Bertz CT molecular complexity index is 176. The van der Waals surface area contributed by atoms with E-state index in [0.717, 1.165) is 12.8 Å². The molecule has 0 bridgehead atoms. The van der Waals surface area contributed by atoms with Crippen LogP contribution in [0.4, 0.5) is 0 Å². The van der Waals surface area contributed by atoms with Crippen molar-refractivity contribution in [2.75, 3.05) is 0 Å². The van der Waals surface area contributed by atoms with E-state index in [-0.39, 0.29) is 11.8 Å². The lowest BCUT2D eigenvalue weighted by Gasteiger charge is -2.05. The van der Waals surface area contributed by atoms with E-state index in [4.69, 9.17) is 0 Å². The van der Waals surface area contributed by atoms with E-state index in [2.05, 4.69) is 24.4 Å². The second kappa shape index (κ2) is 6.63. The molecule has 1 unspecified atom stereocenters. The molecule has 0 spiro atoms. The fourth-order valence-corrected chi connectivity index (χ4v) is 0.668. The molecule has 0 saturated carbocycles. The summed E-state index contributed by atoms with van der Waals surface area (Å²) in [6, 6.07) is 0. The summed E-state index contributed by atoms with van der Waals surface area (Å²) in [5, 5.41) is 3.86. The highest BCUT2D eigenvalue weighted by Gasteiger charge is 2.07. The molecule has 13 heavy (non-hydrogen) atoms. The lowest BCUT2D eigenvalue weighted by atomic mass is 10.1. The van der Waals surface area contributed by atoms with Crippen LogP contribution < -0.4 is 5.43 Å². The first-order chi connectivity index (χ1) is 6.07. The van der Waals surface area contributed by atoms with Crippen molar-refractivity contribution in [3.8, 4) is 0 Å². The second-order valence-corrected chi connectivity index (χ2v) is 3.73. The van der Waals surface area contributed by atoms with Gasteiger partial charge < -0.3 is 0 Å². The van der Waals surface area contributed by atoms with Crippen molar-refractivity contribution in [1.82, 2.24) is 5.43 Å². The summed E-state index contributed by atoms with van der Waals surface area (Å²) < 4.78 is 0. The lowest BCUT2D eigenvalue weighted by Crippen LogP contribution is -2.24. The number of amides is 1. The van der Waals surface area contributed by atoms with Gasteiger partial charge in [-0.2, -0.15) is 5.10 Å². The van der Waals surface area contributed by atoms with Crippen LogP contribution in [-0.4, -0.2) is 12.1 Å². The molecule has 0 radical (unpaired) electrons. The van der Waals surface area contributed by atoms with E-state index in [0.29, 0.717) is 5.92 Å². The molecule has 0 fully saturated rings. The van der Waals surface area contributed by atoms with Gasteiger partial charge in [0.1, 0.15) is 0 Å². The molecule has 0 aromatic carbocycles. The molecule has 0 rings (SSSR count). The smallest absolute Gasteiger partial charge is 0.242 e. The molecule has 3 nitrogen and oxygen atoms in total. The minimum Gasteiger partial charge on any atom is -0.273 e. The van der Waals surface area contributed by atoms with Gasteiger partial charge in [-0.05, 0) is 18.8 Å². The Hall–Kier alpha value is -0.860. The molecule has 0 heterocycles. The van der Waals surface area contributed by atoms with Gasteiger partial charge in [0, 0.05) is 12.1 Å². The number of hydrogen-bond acceptors (Lipinski definition) is 2. The Morgan fingerprint density at radius 3 is 2.54 bits per heavy atom. The zero-order valence-electron chi connectivity index (χ0n) is 9.00. The van der Waals surface area contributed by atoms with Gasteiger partial charge in [-0.1, -0.05) is 27.7 Å².